The summed E-state index contributed by atoms with van der Waals surface area (Å²) in [6.07, 6.45) is 1.84. The number of sulfonamides is 1. The number of rotatable bonds is 1. The largest absolute Gasteiger partial charge is 0.281 e. The fraction of sp³-hybridized carbons (Fsp3) is 0.875. The van der Waals surface area contributed by atoms with Gasteiger partial charge in [0.1, 0.15) is 0 Å². The van der Waals surface area contributed by atoms with E-state index in [1.165, 1.54) is 0 Å². The maximum Gasteiger partial charge on any atom is 0.240 e. The lowest BCUT2D eigenvalue weighted by Crippen LogP contribution is -2.39. The van der Waals surface area contributed by atoms with E-state index in [0.29, 0.717) is 0 Å². The molecule has 2 rings (SSSR count). The van der Waals surface area contributed by atoms with Crippen LogP contribution in [0, 0.1) is 5.92 Å². The normalized spacial score (nSPS) is 37.4. The number of nitrogens with zero attached hydrogens (tertiary/aromatic N) is 2. The molecule has 0 N–H and O–H groups in total. The van der Waals surface area contributed by atoms with Gasteiger partial charge in [-0.2, -0.15) is 0 Å². The highest BCUT2D eigenvalue weighted by Crippen LogP contribution is 2.39. The molecule has 0 aromatic heterocycles. The fourth-order valence-electron chi connectivity index (χ4n) is 2.62. The van der Waals surface area contributed by atoms with E-state index < -0.39 is 10.0 Å². The molecule has 3 unspecified atom stereocenters. The first kappa shape index (κ1) is 11.3. The number of carbonyl (C=O) groups is 1. The lowest BCUT2D eigenvalue weighted by atomic mass is 10.0. The number of fused-ring (bicyclic) bond motifs is 1. The van der Waals surface area contributed by atoms with Crippen molar-refractivity contribution in [3.05, 3.63) is 0 Å². The predicted octanol–water partition coefficient (Wildman–Crippen LogP) is -0.343. The monoisotopic (exact) mass is 250 g/mol. The fourth-order valence-corrected chi connectivity index (χ4v) is 4.44. The van der Waals surface area contributed by atoms with E-state index in [9.17, 15) is 13.2 Å². The second-order valence-electron chi connectivity index (χ2n) is 4.27. The van der Waals surface area contributed by atoms with Gasteiger partial charge in [0.15, 0.2) is 0 Å². The summed E-state index contributed by atoms with van der Waals surface area (Å²) in [4.78, 5) is 11.8. The Morgan fingerprint density at radius 3 is 2.60 bits per heavy atom. The molecule has 0 saturated carbocycles. The quantitative estimate of drug-likeness (QED) is 0.597. The third-order valence-corrected chi connectivity index (χ3v) is 5.01. The molecule has 7 heteroatoms. The van der Waals surface area contributed by atoms with Crippen molar-refractivity contribution in [1.82, 2.24) is 8.98 Å². The van der Waals surface area contributed by atoms with Crippen molar-refractivity contribution in [3.63, 3.8) is 0 Å². The average Bonchev–Trinajstić information content (AvgIpc) is 2.54. The van der Waals surface area contributed by atoms with Gasteiger partial charge in [-0.05, 0) is 6.42 Å². The molecular formula is C8H15N2O3PS. The van der Waals surface area contributed by atoms with Gasteiger partial charge < -0.3 is 0 Å². The highest BCUT2D eigenvalue weighted by Gasteiger charge is 2.53. The van der Waals surface area contributed by atoms with Crippen LogP contribution in [0.25, 0.3) is 0 Å². The van der Waals surface area contributed by atoms with Gasteiger partial charge >= 0.3 is 0 Å². The molecule has 4 atom stereocenters. The van der Waals surface area contributed by atoms with Gasteiger partial charge in [-0.1, -0.05) is 16.3 Å². The zero-order chi connectivity index (χ0) is 11.4. The molecule has 0 radical (unpaired) electrons. The first-order chi connectivity index (χ1) is 6.84. The molecule has 0 aromatic rings. The summed E-state index contributed by atoms with van der Waals surface area (Å²) >= 11 is 0. The van der Waals surface area contributed by atoms with Crippen molar-refractivity contribution in [3.8, 4) is 0 Å². The van der Waals surface area contributed by atoms with E-state index in [4.69, 9.17) is 0 Å². The molecule has 2 aliphatic heterocycles. The van der Waals surface area contributed by atoms with Crippen LogP contribution in [0.2, 0.25) is 0 Å². The summed E-state index contributed by atoms with van der Waals surface area (Å²) in [5.41, 5.74) is 0. The summed E-state index contributed by atoms with van der Waals surface area (Å²) in [6.45, 7) is 2.62. The topological polar surface area (TPSA) is 57.7 Å². The summed E-state index contributed by atoms with van der Waals surface area (Å²) < 4.78 is 26.1. The van der Waals surface area contributed by atoms with Gasteiger partial charge in [0.05, 0.1) is 18.2 Å². The van der Waals surface area contributed by atoms with Gasteiger partial charge in [-0.3, -0.25) is 9.46 Å². The van der Waals surface area contributed by atoms with Crippen LogP contribution in [0.15, 0.2) is 0 Å². The Labute approximate surface area is 92.1 Å². The minimum Gasteiger partial charge on any atom is -0.281 e. The van der Waals surface area contributed by atoms with Crippen molar-refractivity contribution in [1.29, 1.82) is 0 Å². The number of amides is 1. The van der Waals surface area contributed by atoms with E-state index in [1.807, 2.05) is 4.67 Å². The molecule has 2 aliphatic rings. The molecular weight excluding hydrogens is 235 g/mol. The molecule has 2 saturated heterocycles. The molecule has 5 nitrogen and oxygen atoms in total. The van der Waals surface area contributed by atoms with Gasteiger partial charge in [0, 0.05) is 12.6 Å². The van der Waals surface area contributed by atoms with Gasteiger partial charge in [-0.25, -0.2) is 12.7 Å². The van der Waals surface area contributed by atoms with Crippen LogP contribution in [0.5, 0.6) is 0 Å². The minimum absolute atomic E-state index is 0.0252. The number of hydrogen-bond donors (Lipinski definition) is 0. The highest BCUT2D eigenvalue weighted by atomic mass is 32.2. The van der Waals surface area contributed by atoms with Gasteiger partial charge in [0.2, 0.25) is 15.9 Å². The molecule has 86 valence electrons. The third kappa shape index (κ3) is 1.59. The Morgan fingerprint density at radius 1 is 1.47 bits per heavy atom. The molecule has 0 bridgehead atoms. The molecule has 1 amide bonds. The zero-order valence-corrected chi connectivity index (χ0v) is 10.7. The maximum absolute atomic E-state index is 11.8. The van der Waals surface area contributed by atoms with E-state index in [0.717, 1.165) is 23.5 Å². The SMILES string of the molecule is C[C@H]1C(=O)N(S(C)(=O)=O)C2CCN(P)C21. The lowest BCUT2D eigenvalue weighted by molar-refractivity contribution is -0.127. The molecule has 15 heavy (non-hydrogen) atoms. The molecule has 0 spiro atoms. The van der Waals surface area contributed by atoms with Crippen molar-refractivity contribution in [2.45, 2.75) is 25.4 Å². The van der Waals surface area contributed by atoms with Crippen molar-refractivity contribution in [2.24, 2.45) is 5.92 Å². The Balaban J connectivity index is 2.40. The number of carbonyl (C=O) groups excluding carboxylic acids is 1. The summed E-state index contributed by atoms with van der Waals surface area (Å²) in [6, 6.07) is -0.141. The Bertz CT molecular complexity index is 397. The van der Waals surface area contributed by atoms with Crippen molar-refractivity contribution >= 4 is 25.3 Å². The van der Waals surface area contributed by atoms with Gasteiger partial charge in [-0.15, -0.1) is 0 Å². The van der Waals surface area contributed by atoms with E-state index in [1.54, 1.807) is 6.92 Å². The van der Waals surface area contributed by atoms with Crippen LogP contribution in [-0.4, -0.2) is 48.2 Å². The van der Waals surface area contributed by atoms with E-state index >= 15 is 0 Å². The second kappa shape index (κ2) is 3.40. The van der Waals surface area contributed by atoms with Gasteiger partial charge in [0.25, 0.3) is 0 Å². The molecule has 0 aliphatic carbocycles. The van der Waals surface area contributed by atoms with Crippen LogP contribution in [0.3, 0.4) is 0 Å². The van der Waals surface area contributed by atoms with Crippen LogP contribution in [0.4, 0.5) is 0 Å². The average molecular weight is 250 g/mol. The lowest BCUT2D eigenvalue weighted by Gasteiger charge is -2.21. The Morgan fingerprint density at radius 2 is 2.07 bits per heavy atom. The molecule has 0 aromatic carbocycles. The van der Waals surface area contributed by atoms with Crippen molar-refractivity contribution in [2.75, 3.05) is 12.8 Å². The highest BCUT2D eigenvalue weighted by molar-refractivity contribution is 7.88. The molecule has 2 heterocycles. The second-order valence-corrected chi connectivity index (χ2v) is 6.79. The Hall–Kier alpha value is -0.190. The van der Waals surface area contributed by atoms with Crippen LogP contribution in [0.1, 0.15) is 13.3 Å². The number of hydrogen-bond acceptors (Lipinski definition) is 4. The van der Waals surface area contributed by atoms with Crippen LogP contribution < -0.4 is 0 Å². The van der Waals surface area contributed by atoms with Crippen LogP contribution >= 0.6 is 9.39 Å². The predicted molar refractivity (Wildman–Crippen MR) is 59.5 cm³/mol. The van der Waals surface area contributed by atoms with Crippen LogP contribution in [-0.2, 0) is 14.8 Å². The minimum atomic E-state index is -3.41. The zero-order valence-electron chi connectivity index (χ0n) is 8.75. The molecule has 2 fully saturated rings. The van der Waals surface area contributed by atoms with E-state index in [2.05, 4.69) is 9.39 Å². The first-order valence-corrected chi connectivity index (χ1v) is 7.25. The summed E-state index contributed by atoms with van der Waals surface area (Å²) in [5.74, 6) is -0.496. The Kier molecular flexibility index (Phi) is 2.56. The third-order valence-electron chi connectivity index (χ3n) is 3.24. The van der Waals surface area contributed by atoms with E-state index in [-0.39, 0.29) is 23.9 Å². The van der Waals surface area contributed by atoms with Crippen molar-refractivity contribution < 1.29 is 13.2 Å². The summed E-state index contributed by atoms with van der Waals surface area (Å²) in [7, 11) is -0.838. The maximum atomic E-state index is 11.8. The smallest absolute Gasteiger partial charge is 0.240 e. The standard InChI is InChI=1S/C8H15N2O3PS/c1-5-7-6(3-4-9(7)14)10(8(5)11)15(2,12)13/h5-7H,3-4,14H2,1-2H3/t5-,6?,7?/m1/s1. The summed E-state index contributed by atoms with van der Waals surface area (Å²) in [5, 5.41) is 0. The first-order valence-electron chi connectivity index (χ1n) is 4.88.